The van der Waals surface area contributed by atoms with Crippen LogP contribution in [0, 0.1) is 0 Å². The normalized spacial score (nSPS) is 18.7. The van der Waals surface area contributed by atoms with Crippen molar-refractivity contribution in [3.8, 4) is 0 Å². The molecule has 0 radical (unpaired) electrons. The molecule has 2 heteroatoms. The van der Waals surface area contributed by atoms with Crippen molar-refractivity contribution in [3.05, 3.63) is 30.0 Å². The largest absolute Gasteiger partial charge is 0.268 e. The van der Waals surface area contributed by atoms with Gasteiger partial charge in [-0.2, -0.15) is 5.10 Å². The highest BCUT2D eigenvalue weighted by atomic mass is 15.2. The third kappa shape index (κ3) is 0.999. The molecule has 14 heavy (non-hydrogen) atoms. The zero-order chi connectivity index (χ0) is 9.76. The van der Waals surface area contributed by atoms with Gasteiger partial charge in [0.25, 0.3) is 0 Å². The average molecular weight is 186 g/mol. The van der Waals surface area contributed by atoms with E-state index in [0.29, 0.717) is 5.41 Å². The van der Waals surface area contributed by atoms with Gasteiger partial charge < -0.3 is 0 Å². The Kier molecular flexibility index (Phi) is 1.37. The first kappa shape index (κ1) is 8.04. The summed E-state index contributed by atoms with van der Waals surface area (Å²) in [5.41, 5.74) is 3.17. The molecule has 1 heterocycles. The molecule has 0 unspecified atom stereocenters. The van der Waals surface area contributed by atoms with E-state index in [4.69, 9.17) is 0 Å². The molecule has 1 aliphatic rings. The Morgan fingerprint density at radius 3 is 2.86 bits per heavy atom. The maximum absolute atomic E-state index is 4.26. The maximum atomic E-state index is 4.26. The molecular formula is C12H14N2. The van der Waals surface area contributed by atoms with Gasteiger partial charge >= 0.3 is 0 Å². The summed E-state index contributed by atoms with van der Waals surface area (Å²) in [7, 11) is 2.00. The van der Waals surface area contributed by atoms with Crippen LogP contribution in [-0.2, 0) is 12.5 Å². The predicted octanol–water partition coefficient (Wildman–Crippen LogP) is 2.62. The van der Waals surface area contributed by atoms with Crippen LogP contribution in [0.5, 0.6) is 0 Å². The molecule has 0 bridgehead atoms. The quantitative estimate of drug-likeness (QED) is 0.669. The van der Waals surface area contributed by atoms with Crippen molar-refractivity contribution in [2.75, 3.05) is 0 Å². The van der Waals surface area contributed by atoms with Crippen LogP contribution < -0.4 is 0 Å². The van der Waals surface area contributed by atoms with Crippen LogP contribution in [0.1, 0.15) is 25.3 Å². The van der Waals surface area contributed by atoms with Crippen molar-refractivity contribution < 1.29 is 0 Å². The highest BCUT2D eigenvalue weighted by Gasteiger charge is 2.38. The second-order valence-electron chi connectivity index (χ2n) is 4.60. The standard InChI is InChI=1S/C12H14N2/c1-12(5-6-12)10-4-3-9-8-13-14(2)11(9)7-10/h3-4,7-8H,5-6H2,1-2H3. The molecule has 0 aliphatic heterocycles. The summed E-state index contributed by atoms with van der Waals surface area (Å²) < 4.78 is 1.95. The molecule has 1 aromatic heterocycles. The number of benzene rings is 1. The summed E-state index contributed by atoms with van der Waals surface area (Å²) in [5, 5.41) is 5.49. The molecule has 1 saturated carbocycles. The Labute approximate surface area is 83.5 Å². The van der Waals surface area contributed by atoms with E-state index in [-0.39, 0.29) is 0 Å². The number of hydrogen-bond donors (Lipinski definition) is 0. The number of nitrogens with zero attached hydrogens (tertiary/aromatic N) is 2. The van der Waals surface area contributed by atoms with E-state index in [2.05, 4.69) is 30.2 Å². The van der Waals surface area contributed by atoms with E-state index >= 15 is 0 Å². The summed E-state index contributed by atoms with van der Waals surface area (Å²) in [4.78, 5) is 0. The first-order valence-corrected chi connectivity index (χ1v) is 5.11. The Hall–Kier alpha value is -1.31. The number of aryl methyl sites for hydroxylation is 1. The fraction of sp³-hybridized carbons (Fsp3) is 0.417. The summed E-state index contributed by atoms with van der Waals surface area (Å²) >= 11 is 0. The minimum absolute atomic E-state index is 0.457. The van der Waals surface area contributed by atoms with E-state index < -0.39 is 0 Å². The Morgan fingerprint density at radius 1 is 1.36 bits per heavy atom. The second kappa shape index (κ2) is 2.38. The van der Waals surface area contributed by atoms with Crippen molar-refractivity contribution in [2.45, 2.75) is 25.2 Å². The summed E-state index contributed by atoms with van der Waals surface area (Å²) in [6.07, 6.45) is 4.58. The molecule has 3 rings (SSSR count). The van der Waals surface area contributed by atoms with Gasteiger partial charge in [-0.1, -0.05) is 19.1 Å². The Bertz CT molecular complexity index is 492. The van der Waals surface area contributed by atoms with Crippen LogP contribution in [0.3, 0.4) is 0 Å². The SMILES string of the molecule is Cn1ncc2ccc(C3(C)CC3)cc21. The van der Waals surface area contributed by atoms with E-state index in [1.807, 2.05) is 17.9 Å². The van der Waals surface area contributed by atoms with E-state index in [1.54, 1.807) is 0 Å². The minimum Gasteiger partial charge on any atom is -0.268 e. The lowest BCUT2D eigenvalue weighted by atomic mass is 9.97. The topological polar surface area (TPSA) is 17.8 Å². The first-order chi connectivity index (χ1) is 6.69. The monoisotopic (exact) mass is 186 g/mol. The average Bonchev–Trinajstić information content (AvgIpc) is 2.84. The number of hydrogen-bond acceptors (Lipinski definition) is 1. The van der Waals surface area contributed by atoms with Crippen molar-refractivity contribution >= 4 is 10.9 Å². The molecule has 0 atom stereocenters. The fourth-order valence-electron chi connectivity index (χ4n) is 2.00. The molecule has 72 valence electrons. The molecule has 2 aromatic rings. The molecule has 1 aliphatic carbocycles. The Morgan fingerprint density at radius 2 is 2.14 bits per heavy atom. The third-order valence-corrected chi connectivity index (χ3v) is 3.45. The molecule has 0 N–H and O–H groups in total. The van der Waals surface area contributed by atoms with Gasteiger partial charge in [-0.05, 0) is 29.9 Å². The summed E-state index contributed by atoms with van der Waals surface area (Å²) in [6.45, 7) is 2.34. The van der Waals surface area contributed by atoms with Gasteiger partial charge in [-0.25, -0.2) is 0 Å². The summed E-state index contributed by atoms with van der Waals surface area (Å²) in [5.74, 6) is 0. The zero-order valence-electron chi connectivity index (χ0n) is 8.62. The third-order valence-electron chi connectivity index (χ3n) is 3.45. The van der Waals surface area contributed by atoms with Crippen molar-refractivity contribution in [1.29, 1.82) is 0 Å². The van der Waals surface area contributed by atoms with Crippen LogP contribution in [0.15, 0.2) is 24.4 Å². The molecule has 1 fully saturated rings. The Balaban J connectivity index is 2.23. The number of aromatic nitrogens is 2. The molecular weight excluding hydrogens is 172 g/mol. The molecule has 0 saturated heterocycles. The molecule has 2 nitrogen and oxygen atoms in total. The van der Waals surface area contributed by atoms with Gasteiger partial charge in [0.05, 0.1) is 11.7 Å². The van der Waals surface area contributed by atoms with Gasteiger partial charge in [-0.3, -0.25) is 4.68 Å². The molecule has 0 amide bonds. The van der Waals surface area contributed by atoms with Crippen LogP contribution >= 0.6 is 0 Å². The lowest BCUT2D eigenvalue weighted by Gasteiger charge is -2.08. The first-order valence-electron chi connectivity index (χ1n) is 5.11. The smallest absolute Gasteiger partial charge is 0.0682 e. The lowest BCUT2D eigenvalue weighted by molar-refractivity contribution is 0.777. The van der Waals surface area contributed by atoms with Gasteiger partial charge in [0.1, 0.15) is 0 Å². The van der Waals surface area contributed by atoms with Crippen LogP contribution in [-0.4, -0.2) is 9.78 Å². The fourth-order valence-corrected chi connectivity index (χ4v) is 2.00. The summed E-state index contributed by atoms with van der Waals surface area (Å²) in [6, 6.07) is 6.72. The van der Waals surface area contributed by atoms with Gasteiger partial charge in [0, 0.05) is 12.4 Å². The van der Waals surface area contributed by atoms with E-state index in [0.717, 1.165) is 0 Å². The van der Waals surface area contributed by atoms with Crippen LogP contribution in [0.4, 0.5) is 0 Å². The zero-order valence-corrected chi connectivity index (χ0v) is 8.62. The molecule has 1 aromatic carbocycles. The molecule has 0 spiro atoms. The predicted molar refractivity (Wildman–Crippen MR) is 57.3 cm³/mol. The van der Waals surface area contributed by atoms with Gasteiger partial charge in [0.2, 0.25) is 0 Å². The highest BCUT2D eigenvalue weighted by molar-refractivity contribution is 5.79. The number of rotatable bonds is 1. The van der Waals surface area contributed by atoms with Crippen molar-refractivity contribution in [2.24, 2.45) is 7.05 Å². The van der Waals surface area contributed by atoms with Crippen molar-refractivity contribution in [1.82, 2.24) is 9.78 Å². The van der Waals surface area contributed by atoms with E-state index in [9.17, 15) is 0 Å². The van der Waals surface area contributed by atoms with Gasteiger partial charge in [0.15, 0.2) is 0 Å². The number of fused-ring (bicyclic) bond motifs is 1. The minimum atomic E-state index is 0.457. The van der Waals surface area contributed by atoms with Gasteiger partial charge in [-0.15, -0.1) is 0 Å². The lowest BCUT2D eigenvalue weighted by Crippen LogP contribution is -1.99. The van der Waals surface area contributed by atoms with E-state index in [1.165, 1.54) is 29.3 Å². The van der Waals surface area contributed by atoms with Crippen LogP contribution in [0.25, 0.3) is 10.9 Å². The van der Waals surface area contributed by atoms with Crippen LogP contribution in [0.2, 0.25) is 0 Å². The van der Waals surface area contributed by atoms with Crippen molar-refractivity contribution in [3.63, 3.8) is 0 Å². The second-order valence-corrected chi connectivity index (χ2v) is 4.60. The maximum Gasteiger partial charge on any atom is 0.0682 e. The highest BCUT2D eigenvalue weighted by Crippen LogP contribution is 2.47.